The maximum atomic E-state index is 5.75. The van der Waals surface area contributed by atoms with Crippen molar-refractivity contribution in [3.8, 4) is 11.3 Å². The largest absolute Gasteiger partial charge is 0.381 e. The molecule has 1 saturated heterocycles. The van der Waals surface area contributed by atoms with Gasteiger partial charge in [-0.15, -0.1) is 16.4 Å². The minimum Gasteiger partial charge on any atom is -0.381 e. The van der Waals surface area contributed by atoms with Gasteiger partial charge in [0.15, 0.2) is 0 Å². The summed E-state index contributed by atoms with van der Waals surface area (Å²) >= 11 is 1.78. The Bertz CT molecular complexity index is 1490. The van der Waals surface area contributed by atoms with Crippen molar-refractivity contribution in [1.82, 2.24) is 29.5 Å². The molecule has 6 rings (SSSR count). The molecule has 5 aromatic rings. The predicted molar refractivity (Wildman–Crippen MR) is 135 cm³/mol. The minimum absolute atomic E-state index is 0.112. The highest BCUT2D eigenvalue weighted by Crippen LogP contribution is 2.44. The molecule has 7 nitrogen and oxygen atoms in total. The van der Waals surface area contributed by atoms with Crippen LogP contribution < -0.4 is 0 Å². The second kappa shape index (κ2) is 8.29. The fourth-order valence-electron chi connectivity index (χ4n) is 5.51. The monoisotopic (exact) mass is 472 g/mol. The van der Waals surface area contributed by atoms with Crippen LogP contribution in [0.25, 0.3) is 32.5 Å². The van der Waals surface area contributed by atoms with Gasteiger partial charge in [0, 0.05) is 38.2 Å². The fourth-order valence-corrected chi connectivity index (χ4v) is 6.55. The molecule has 0 bridgehead atoms. The molecule has 8 heteroatoms. The van der Waals surface area contributed by atoms with E-state index in [-0.39, 0.29) is 6.04 Å². The zero-order chi connectivity index (χ0) is 23.4. The molecule has 1 unspecified atom stereocenters. The lowest BCUT2D eigenvalue weighted by molar-refractivity contribution is 0.0547. The van der Waals surface area contributed by atoms with E-state index in [0.717, 1.165) is 59.7 Å². The van der Waals surface area contributed by atoms with Gasteiger partial charge >= 0.3 is 0 Å². The first kappa shape index (κ1) is 21.4. The number of aryl methyl sites for hydroxylation is 4. The molecule has 0 N–H and O–H groups in total. The van der Waals surface area contributed by atoms with Crippen molar-refractivity contribution in [2.45, 2.75) is 39.7 Å². The summed E-state index contributed by atoms with van der Waals surface area (Å²) in [6.45, 7) is 7.96. The van der Waals surface area contributed by atoms with Crippen molar-refractivity contribution in [3.63, 3.8) is 0 Å². The summed E-state index contributed by atoms with van der Waals surface area (Å²) in [5.41, 5.74) is 10.0. The Balaban J connectivity index is 1.68. The summed E-state index contributed by atoms with van der Waals surface area (Å²) in [5, 5.41) is 10.7. The molecule has 174 valence electrons. The molecular formula is C26H28N6OS. The molecular weight excluding hydrogens is 444 g/mol. The molecule has 1 aliphatic rings. The van der Waals surface area contributed by atoms with Crippen LogP contribution in [-0.4, -0.2) is 42.7 Å². The van der Waals surface area contributed by atoms with Crippen LogP contribution in [0.5, 0.6) is 0 Å². The van der Waals surface area contributed by atoms with E-state index in [2.05, 4.69) is 46.2 Å². The Morgan fingerprint density at radius 2 is 1.94 bits per heavy atom. The number of nitrogens with zero attached hydrogens (tertiary/aromatic N) is 6. The number of fused-ring (bicyclic) bond motifs is 3. The molecule has 1 aliphatic heterocycles. The molecule has 0 aliphatic carbocycles. The lowest BCUT2D eigenvalue weighted by atomic mass is 9.87. The summed E-state index contributed by atoms with van der Waals surface area (Å²) < 4.78 is 11.4. The molecule has 0 amide bonds. The quantitative estimate of drug-likeness (QED) is 0.351. The second-order valence-electron chi connectivity index (χ2n) is 9.31. The zero-order valence-electron chi connectivity index (χ0n) is 19.9. The minimum atomic E-state index is 0.112. The second-order valence-corrected chi connectivity index (χ2v) is 10.2. The Kier molecular flexibility index (Phi) is 5.22. The van der Waals surface area contributed by atoms with Crippen molar-refractivity contribution < 1.29 is 4.74 Å². The van der Waals surface area contributed by atoms with Gasteiger partial charge in [0.2, 0.25) is 0 Å². The molecule has 0 radical (unpaired) electrons. The number of pyridine rings is 2. The maximum absolute atomic E-state index is 5.75. The smallest absolute Gasteiger partial charge is 0.106 e. The van der Waals surface area contributed by atoms with Crippen molar-refractivity contribution in [2.75, 3.05) is 13.2 Å². The van der Waals surface area contributed by atoms with E-state index in [0.29, 0.717) is 5.92 Å². The van der Waals surface area contributed by atoms with Crippen LogP contribution in [-0.2, 0) is 11.8 Å². The Morgan fingerprint density at radius 1 is 1.12 bits per heavy atom. The molecule has 5 aromatic heterocycles. The Labute approximate surface area is 202 Å². The van der Waals surface area contributed by atoms with Gasteiger partial charge in [-0.05, 0) is 68.2 Å². The van der Waals surface area contributed by atoms with Crippen LogP contribution in [0.1, 0.15) is 41.4 Å². The van der Waals surface area contributed by atoms with E-state index in [9.17, 15) is 0 Å². The molecule has 34 heavy (non-hydrogen) atoms. The van der Waals surface area contributed by atoms with Gasteiger partial charge < -0.3 is 9.30 Å². The first-order valence-electron chi connectivity index (χ1n) is 11.8. The number of rotatable bonds is 4. The SMILES string of the molecule is Cc1cccnc1C(C1CCOCC1)n1c2cc(-c3c(C)nnn3C)cnc2c2scc(C)c21. The Morgan fingerprint density at radius 3 is 2.68 bits per heavy atom. The van der Waals surface area contributed by atoms with Gasteiger partial charge in [0.25, 0.3) is 0 Å². The average molecular weight is 473 g/mol. The third kappa shape index (κ3) is 3.27. The van der Waals surface area contributed by atoms with Gasteiger partial charge in [-0.3, -0.25) is 9.97 Å². The van der Waals surface area contributed by atoms with Gasteiger partial charge in [0.05, 0.1) is 38.9 Å². The highest BCUT2D eigenvalue weighted by atomic mass is 32.1. The summed E-state index contributed by atoms with van der Waals surface area (Å²) in [7, 11) is 1.93. The lowest BCUT2D eigenvalue weighted by Gasteiger charge is -2.33. The van der Waals surface area contributed by atoms with Crippen LogP contribution in [0, 0.1) is 26.7 Å². The summed E-state index contributed by atoms with van der Waals surface area (Å²) in [5.74, 6) is 0.434. The van der Waals surface area contributed by atoms with E-state index in [1.165, 1.54) is 21.3 Å². The van der Waals surface area contributed by atoms with Crippen molar-refractivity contribution in [2.24, 2.45) is 13.0 Å². The fraction of sp³-hybridized carbons (Fsp3) is 0.385. The number of thiophene rings is 1. The van der Waals surface area contributed by atoms with Gasteiger partial charge in [0.1, 0.15) is 5.52 Å². The van der Waals surface area contributed by atoms with Crippen molar-refractivity contribution >= 4 is 32.6 Å². The summed E-state index contributed by atoms with van der Waals surface area (Å²) in [4.78, 5) is 9.94. The van der Waals surface area contributed by atoms with Crippen LogP contribution in [0.15, 0.2) is 36.0 Å². The topological polar surface area (TPSA) is 70.7 Å². The van der Waals surface area contributed by atoms with Crippen molar-refractivity contribution in [1.29, 1.82) is 0 Å². The van der Waals surface area contributed by atoms with Gasteiger partial charge in [-0.2, -0.15) is 0 Å². The van der Waals surface area contributed by atoms with E-state index in [4.69, 9.17) is 14.7 Å². The Hall–Kier alpha value is -3.10. The first-order chi connectivity index (χ1) is 16.5. The lowest BCUT2D eigenvalue weighted by Crippen LogP contribution is -2.28. The van der Waals surface area contributed by atoms with Gasteiger partial charge in [-0.25, -0.2) is 4.68 Å². The summed E-state index contributed by atoms with van der Waals surface area (Å²) in [6, 6.07) is 6.58. The van der Waals surface area contributed by atoms with Crippen LogP contribution >= 0.6 is 11.3 Å². The highest BCUT2D eigenvalue weighted by molar-refractivity contribution is 7.18. The normalized spacial score (nSPS) is 16.0. The van der Waals surface area contributed by atoms with Crippen molar-refractivity contribution in [3.05, 3.63) is 58.5 Å². The van der Waals surface area contributed by atoms with E-state index >= 15 is 0 Å². The van der Waals surface area contributed by atoms with Crippen LogP contribution in [0.3, 0.4) is 0 Å². The summed E-state index contributed by atoms with van der Waals surface area (Å²) in [6.07, 6.45) is 5.92. The third-order valence-corrected chi connectivity index (χ3v) is 8.21. The molecule has 1 atom stereocenters. The predicted octanol–water partition coefficient (Wildman–Crippen LogP) is 5.38. The van der Waals surface area contributed by atoms with E-state index in [1.54, 1.807) is 11.3 Å². The number of hydrogen-bond acceptors (Lipinski definition) is 6. The van der Waals surface area contributed by atoms with Crippen LogP contribution in [0.4, 0.5) is 0 Å². The molecule has 0 aromatic carbocycles. The number of ether oxygens (including phenoxy) is 1. The third-order valence-electron chi connectivity index (χ3n) is 7.11. The maximum Gasteiger partial charge on any atom is 0.106 e. The molecule has 1 fully saturated rings. The zero-order valence-corrected chi connectivity index (χ0v) is 20.8. The van der Waals surface area contributed by atoms with Crippen LogP contribution in [0.2, 0.25) is 0 Å². The molecule has 0 saturated carbocycles. The number of aromatic nitrogens is 6. The highest BCUT2D eigenvalue weighted by Gasteiger charge is 2.33. The van der Waals surface area contributed by atoms with E-state index < -0.39 is 0 Å². The molecule has 0 spiro atoms. The average Bonchev–Trinajstić information content (AvgIpc) is 3.49. The standard InChI is InChI=1S/C26H28N6OS/c1-15-6-5-9-27-21(15)25(18-7-10-33-11-8-18)32-20-12-19(24-17(3)29-30-31(24)4)13-28-22(20)26-23(32)16(2)14-34-26/h5-6,9,12-14,18,25H,7-8,10-11H2,1-4H3. The first-order valence-corrected chi connectivity index (χ1v) is 12.7. The number of hydrogen-bond donors (Lipinski definition) is 0. The van der Waals surface area contributed by atoms with E-state index in [1.807, 2.05) is 37.1 Å². The van der Waals surface area contributed by atoms with Gasteiger partial charge in [-0.1, -0.05) is 11.3 Å². The molecule has 6 heterocycles.